The minimum absolute atomic E-state index is 0.0210. The number of carboxylic acid groups (broad SMARTS) is 1. The molecule has 2 N–H and O–H groups in total. The summed E-state index contributed by atoms with van der Waals surface area (Å²) in [5.74, 6) is -1.73. The van der Waals surface area contributed by atoms with Crippen molar-refractivity contribution in [3.63, 3.8) is 0 Å². The van der Waals surface area contributed by atoms with Gasteiger partial charge in [-0.15, -0.1) is 11.3 Å². The van der Waals surface area contributed by atoms with E-state index in [2.05, 4.69) is 11.1 Å². The third-order valence-corrected chi connectivity index (χ3v) is 6.02. The lowest BCUT2D eigenvalue weighted by molar-refractivity contribution is -0.192. The molecule has 0 radical (unpaired) electrons. The van der Waals surface area contributed by atoms with Crippen LogP contribution in [-0.4, -0.2) is 52.6 Å². The number of hydrogen-bond acceptors (Lipinski definition) is 7. The van der Waals surface area contributed by atoms with Crippen LogP contribution in [0.3, 0.4) is 0 Å². The molecule has 0 bridgehead atoms. The zero-order valence-electron chi connectivity index (χ0n) is 19.5. The topological polar surface area (TPSA) is 109 Å². The molecule has 3 heterocycles. The molecule has 1 aliphatic rings. The SMILES string of the molecule is COc1cc(N2Cc3cc(-c4cccnc4)sc3C2=O)ccc1OCC(C)(C)O.O=C(O)C(F)(F)F. The molecule has 0 fully saturated rings. The molecule has 0 unspecified atom stereocenters. The predicted octanol–water partition coefficient (Wildman–Crippen LogP) is 4.76. The number of aliphatic hydroxyl groups is 1. The van der Waals surface area contributed by atoms with Crippen LogP contribution in [0, 0.1) is 0 Å². The molecule has 2 aromatic heterocycles. The number of hydrogen-bond donors (Lipinski definition) is 2. The number of thiophene rings is 1. The van der Waals surface area contributed by atoms with Crippen LogP contribution in [0.5, 0.6) is 11.5 Å². The Labute approximate surface area is 208 Å². The Morgan fingerprint density at radius 3 is 2.42 bits per heavy atom. The minimum atomic E-state index is -5.08. The Bertz CT molecular complexity index is 1240. The normalized spacial score (nSPS) is 13.1. The molecule has 3 aromatic rings. The summed E-state index contributed by atoms with van der Waals surface area (Å²) >= 11 is 1.49. The fourth-order valence-electron chi connectivity index (χ4n) is 3.15. The van der Waals surface area contributed by atoms with Gasteiger partial charge in [0.05, 0.1) is 24.1 Å². The number of carbonyl (C=O) groups excluding carboxylic acids is 1. The lowest BCUT2D eigenvalue weighted by Crippen LogP contribution is -2.28. The molecule has 0 aliphatic carbocycles. The lowest BCUT2D eigenvalue weighted by atomic mass is 10.2. The van der Waals surface area contributed by atoms with Crippen LogP contribution >= 0.6 is 11.3 Å². The van der Waals surface area contributed by atoms with E-state index in [9.17, 15) is 23.1 Å². The number of rotatable bonds is 6. The Balaban J connectivity index is 0.000000454. The second-order valence-corrected chi connectivity index (χ2v) is 9.39. The van der Waals surface area contributed by atoms with E-state index >= 15 is 0 Å². The third-order valence-electron chi connectivity index (χ3n) is 4.81. The first kappa shape index (κ1) is 27.0. The number of amides is 1. The summed E-state index contributed by atoms with van der Waals surface area (Å²) in [6, 6.07) is 11.3. The van der Waals surface area contributed by atoms with Crippen molar-refractivity contribution in [2.45, 2.75) is 32.2 Å². The van der Waals surface area contributed by atoms with Crippen molar-refractivity contribution in [1.29, 1.82) is 0 Å². The molecule has 192 valence electrons. The smallest absolute Gasteiger partial charge is 0.490 e. The Morgan fingerprint density at radius 2 is 1.89 bits per heavy atom. The van der Waals surface area contributed by atoms with Gasteiger partial charge in [-0.05, 0) is 43.7 Å². The van der Waals surface area contributed by atoms with E-state index in [1.165, 1.54) is 11.3 Å². The molecule has 36 heavy (non-hydrogen) atoms. The number of halogens is 3. The number of nitrogens with zero attached hydrogens (tertiary/aromatic N) is 2. The van der Waals surface area contributed by atoms with Crippen LogP contribution in [0.4, 0.5) is 18.9 Å². The number of ether oxygens (including phenoxy) is 2. The van der Waals surface area contributed by atoms with E-state index in [0.717, 1.165) is 26.6 Å². The molecular weight excluding hydrogens is 501 g/mol. The van der Waals surface area contributed by atoms with Crippen LogP contribution in [0.15, 0.2) is 48.8 Å². The largest absolute Gasteiger partial charge is 0.493 e. The van der Waals surface area contributed by atoms with Gasteiger partial charge < -0.3 is 24.6 Å². The van der Waals surface area contributed by atoms with Gasteiger partial charge in [0.1, 0.15) is 6.61 Å². The number of fused-ring (bicyclic) bond motifs is 1. The molecule has 1 amide bonds. The fraction of sp³-hybridized carbons (Fsp3) is 0.292. The second kappa shape index (κ2) is 10.5. The minimum Gasteiger partial charge on any atom is -0.493 e. The molecule has 0 atom stereocenters. The van der Waals surface area contributed by atoms with Gasteiger partial charge in [-0.25, -0.2) is 4.79 Å². The van der Waals surface area contributed by atoms with Crippen molar-refractivity contribution in [3.8, 4) is 21.9 Å². The van der Waals surface area contributed by atoms with Crippen LogP contribution in [-0.2, 0) is 11.3 Å². The van der Waals surface area contributed by atoms with Gasteiger partial charge in [0.15, 0.2) is 11.5 Å². The highest BCUT2D eigenvalue weighted by atomic mass is 32.1. The van der Waals surface area contributed by atoms with Crippen LogP contribution < -0.4 is 14.4 Å². The first-order valence-electron chi connectivity index (χ1n) is 10.5. The zero-order valence-corrected chi connectivity index (χ0v) is 20.3. The van der Waals surface area contributed by atoms with Crippen LogP contribution in [0.2, 0.25) is 0 Å². The first-order valence-corrected chi connectivity index (χ1v) is 11.3. The summed E-state index contributed by atoms with van der Waals surface area (Å²) in [5.41, 5.74) is 1.82. The molecule has 1 aromatic carbocycles. The summed E-state index contributed by atoms with van der Waals surface area (Å²) < 4.78 is 42.8. The van der Waals surface area contributed by atoms with Gasteiger partial charge in [-0.3, -0.25) is 9.78 Å². The van der Waals surface area contributed by atoms with Crippen LogP contribution in [0.25, 0.3) is 10.4 Å². The number of carboxylic acids is 1. The molecular formula is C24H23F3N2O6S. The molecule has 0 saturated carbocycles. The summed E-state index contributed by atoms with van der Waals surface area (Å²) in [6.45, 7) is 4.00. The molecule has 12 heteroatoms. The van der Waals surface area contributed by atoms with Crippen molar-refractivity contribution in [1.82, 2.24) is 4.98 Å². The van der Waals surface area contributed by atoms with E-state index in [1.807, 2.05) is 18.2 Å². The number of benzene rings is 1. The summed E-state index contributed by atoms with van der Waals surface area (Å²) in [4.78, 5) is 29.6. The maximum absolute atomic E-state index is 13.0. The van der Waals surface area contributed by atoms with E-state index in [4.69, 9.17) is 19.4 Å². The molecule has 0 saturated heterocycles. The van der Waals surface area contributed by atoms with Gasteiger partial charge in [0.25, 0.3) is 5.91 Å². The lowest BCUT2D eigenvalue weighted by Gasteiger charge is -2.21. The van der Waals surface area contributed by atoms with Gasteiger partial charge in [-0.1, -0.05) is 6.07 Å². The van der Waals surface area contributed by atoms with Crippen molar-refractivity contribution in [3.05, 3.63) is 59.2 Å². The highest BCUT2D eigenvalue weighted by molar-refractivity contribution is 7.17. The van der Waals surface area contributed by atoms with Gasteiger partial charge in [-0.2, -0.15) is 13.2 Å². The first-order chi connectivity index (χ1) is 16.8. The van der Waals surface area contributed by atoms with Crippen molar-refractivity contribution >= 4 is 28.9 Å². The number of alkyl halides is 3. The van der Waals surface area contributed by atoms with E-state index in [-0.39, 0.29) is 12.5 Å². The van der Waals surface area contributed by atoms with Crippen molar-refractivity contribution in [2.75, 3.05) is 18.6 Å². The Kier molecular flexibility index (Phi) is 7.89. The van der Waals surface area contributed by atoms with Gasteiger partial charge in [0.2, 0.25) is 0 Å². The highest BCUT2D eigenvalue weighted by Gasteiger charge is 2.38. The van der Waals surface area contributed by atoms with Gasteiger partial charge in [0, 0.05) is 34.6 Å². The van der Waals surface area contributed by atoms with Crippen molar-refractivity contribution in [2.24, 2.45) is 0 Å². The average molecular weight is 525 g/mol. The second-order valence-electron chi connectivity index (χ2n) is 8.34. The zero-order chi connectivity index (χ0) is 26.7. The highest BCUT2D eigenvalue weighted by Crippen LogP contribution is 2.40. The van der Waals surface area contributed by atoms with E-state index in [1.54, 1.807) is 50.4 Å². The average Bonchev–Trinajstić information content (AvgIpc) is 3.37. The number of carbonyl (C=O) groups is 2. The molecule has 1 aliphatic heterocycles. The van der Waals surface area contributed by atoms with Crippen LogP contribution in [0.1, 0.15) is 29.1 Å². The standard InChI is InChI=1S/C22H22N2O4S.C2HF3O2/c1-22(2,26)13-28-17-7-6-16(10-18(17)27-3)24-12-15-9-19(29-20(15)21(24)25)14-5-4-8-23-11-14;3-2(4,5)1(6)7/h4-11,26H,12-13H2,1-3H3;(H,6,7). The summed E-state index contributed by atoms with van der Waals surface area (Å²) in [7, 11) is 1.55. The molecule has 8 nitrogen and oxygen atoms in total. The van der Waals surface area contributed by atoms with E-state index in [0.29, 0.717) is 18.0 Å². The third kappa shape index (κ3) is 6.52. The molecule has 4 rings (SSSR count). The predicted molar refractivity (Wildman–Crippen MR) is 127 cm³/mol. The number of pyridine rings is 1. The number of methoxy groups -OCH3 is 1. The maximum Gasteiger partial charge on any atom is 0.490 e. The summed E-state index contributed by atoms with van der Waals surface area (Å²) in [6.07, 6.45) is -1.54. The summed E-state index contributed by atoms with van der Waals surface area (Å²) in [5, 5.41) is 17.0. The number of aromatic nitrogens is 1. The number of aliphatic carboxylic acids is 1. The van der Waals surface area contributed by atoms with E-state index < -0.39 is 17.7 Å². The Morgan fingerprint density at radius 1 is 1.19 bits per heavy atom. The van der Waals surface area contributed by atoms with Crippen molar-refractivity contribution < 1.29 is 42.4 Å². The maximum atomic E-state index is 13.0. The van der Waals surface area contributed by atoms with Gasteiger partial charge >= 0.3 is 12.1 Å². The number of anilines is 1. The monoisotopic (exact) mass is 524 g/mol. The Hall–Kier alpha value is -3.64. The molecule has 0 spiro atoms. The fourth-order valence-corrected chi connectivity index (χ4v) is 4.26. The quantitative estimate of drug-likeness (QED) is 0.479.